The summed E-state index contributed by atoms with van der Waals surface area (Å²) in [6.07, 6.45) is 2.64. The number of anilines is 1. The van der Waals surface area contributed by atoms with Crippen LogP contribution in [0.3, 0.4) is 0 Å². The Morgan fingerprint density at radius 2 is 1.76 bits per heavy atom. The second kappa shape index (κ2) is 8.62. The van der Waals surface area contributed by atoms with Crippen LogP contribution in [0.25, 0.3) is 10.9 Å². The van der Waals surface area contributed by atoms with Crippen molar-refractivity contribution in [3.05, 3.63) is 23.8 Å². The Balaban J connectivity index is 0.000000368. The maximum absolute atomic E-state index is 5.63. The first-order chi connectivity index (χ1) is 8.20. The predicted octanol–water partition coefficient (Wildman–Crippen LogP) is 4.29. The van der Waals surface area contributed by atoms with E-state index in [-0.39, 0.29) is 0 Å². The fraction of sp³-hybridized carbons (Fsp3) is 0.500. The Morgan fingerprint density at radius 3 is 2.24 bits per heavy atom. The highest BCUT2D eigenvalue weighted by Crippen LogP contribution is 2.20. The summed E-state index contributed by atoms with van der Waals surface area (Å²) in [4.78, 5) is 0. The normalized spacial score (nSPS) is 9.00. The van der Waals surface area contributed by atoms with Gasteiger partial charge in [-0.1, -0.05) is 52.7 Å². The molecule has 17 heavy (non-hydrogen) atoms. The molecule has 2 aromatic rings. The number of fused-ring (bicyclic) bond motifs is 1. The molecule has 0 aliphatic rings. The van der Waals surface area contributed by atoms with Crippen molar-refractivity contribution in [1.82, 2.24) is 10.2 Å². The van der Waals surface area contributed by atoms with Crippen LogP contribution in [0, 0.1) is 6.92 Å². The molecule has 0 bridgehead atoms. The van der Waals surface area contributed by atoms with Gasteiger partial charge in [0.15, 0.2) is 5.82 Å². The zero-order chi connectivity index (χ0) is 13.3. The van der Waals surface area contributed by atoms with Crippen LogP contribution in [0.2, 0.25) is 0 Å². The van der Waals surface area contributed by atoms with E-state index in [1.165, 1.54) is 12.8 Å². The molecule has 0 saturated heterocycles. The lowest BCUT2D eigenvalue weighted by atomic mass is 10.1. The molecule has 3 heteroatoms. The quantitative estimate of drug-likeness (QED) is 0.774. The van der Waals surface area contributed by atoms with Crippen molar-refractivity contribution in [2.24, 2.45) is 0 Å². The lowest BCUT2D eigenvalue weighted by Crippen LogP contribution is -1.85. The van der Waals surface area contributed by atoms with Crippen LogP contribution in [0.5, 0.6) is 0 Å². The third kappa shape index (κ3) is 4.47. The monoisotopic (exact) mass is 235 g/mol. The Morgan fingerprint density at radius 1 is 1.18 bits per heavy atom. The van der Waals surface area contributed by atoms with E-state index in [9.17, 15) is 0 Å². The van der Waals surface area contributed by atoms with E-state index in [1.54, 1.807) is 0 Å². The van der Waals surface area contributed by atoms with Crippen molar-refractivity contribution < 1.29 is 0 Å². The maximum Gasteiger partial charge on any atom is 0.153 e. The second-order valence-corrected chi connectivity index (χ2v) is 3.61. The number of hydrogen-bond acceptors (Lipinski definition) is 2. The molecule has 0 aliphatic carbocycles. The van der Waals surface area contributed by atoms with Crippen molar-refractivity contribution in [3.8, 4) is 0 Å². The summed E-state index contributed by atoms with van der Waals surface area (Å²) in [7, 11) is 0. The van der Waals surface area contributed by atoms with E-state index in [1.807, 2.05) is 39.0 Å². The minimum Gasteiger partial charge on any atom is -0.382 e. The average molecular weight is 235 g/mol. The van der Waals surface area contributed by atoms with Gasteiger partial charge >= 0.3 is 0 Å². The number of H-pyrrole nitrogens is 1. The summed E-state index contributed by atoms with van der Waals surface area (Å²) in [5, 5.41) is 7.80. The Bertz CT molecular complexity index is 416. The van der Waals surface area contributed by atoms with Gasteiger partial charge in [-0.05, 0) is 18.6 Å². The van der Waals surface area contributed by atoms with Gasteiger partial charge in [-0.15, -0.1) is 0 Å². The third-order valence-electron chi connectivity index (χ3n) is 2.33. The lowest BCUT2D eigenvalue weighted by Gasteiger charge is -1.93. The first kappa shape index (κ1) is 15.5. The third-order valence-corrected chi connectivity index (χ3v) is 2.33. The zero-order valence-electron chi connectivity index (χ0n) is 11.7. The molecule has 0 radical (unpaired) electrons. The number of nitrogens with one attached hydrogen (secondary N) is 1. The van der Waals surface area contributed by atoms with Crippen LogP contribution in [0.1, 0.15) is 46.1 Å². The van der Waals surface area contributed by atoms with Crippen molar-refractivity contribution in [1.29, 1.82) is 0 Å². The van der Waals surface area contributed by atoms with E-state index < -0.39 is 0 Å². The smallest absolute Gasteiger partial charge is 0.153 e. The van der Waals surface area contributed by atoms with E-state index in [0.717, 1.165) is 16.5 Å². The molecule has 3 nitrogen and oxygen atoms in total. The number of benzene rings is 1. The van der Waals surface area contributed by atoms with Crippen LogP contribution < -0.4 is 5.73 Å². The molecule has 0 amide bonds. The second-order valence-electron chi connectivity index (χ2n) is 3.61. The standard InChI is InChI=1S/C8H9N3.C4H10.C2H6/c1-5-3-2-4-6-7(5)8(9)11-10-6;1-3-4-2;1-2/h2-4H,1H3,(H3,9,10,11);3-4H2,1-2H3;1-2H3. The minimum atomic E-state index is 0.582. The number of aryl methyl sites for hydroxylation is 1. The van der Waals surface area contributed by atoms with Crippen molar-refractivity contribution in [3.63, 3.8) is 0 Å². The summed E-state index contributed by atoms with van der Waals surface area (Å²) < 4.78 is 0. The molecule has 0 aliphatic heterocycles. The van der Waals surface area contributed by atoms with Gasteiger partial charge in [-0.3, -0.25) is 5.10 Å². The lowest BCUT2D eigenvalue weighted by molar-refractivity contribution is 0.886. The summed E-state index contributed by atoms with van der Waals surface area (Å²) in [5.74, 6) is 0.582. The molecule has 2 rings (SSSR count). The molecular weight excluding hydrogens is 210 g/mol. The van der Waals surface area contributed by atoms with Gasteiger partial charge in [0.1, 0.15) is 0 Å². The van der Waals surface area contributed by atoms with E-state index >= 15 is 0 Å². The molecule has 0 spiro atoms. The van der Waals surface area contributed by atoms with E-state index in [2.05, 4.69) is 24.0 Å². The number of nitrogens with zero attached hydrogens (tertiary/aromatic N) is 1. The van der Waals surface area contributed by atoms with Gasteiger partial charge in [0.2, 0.25) is 0 Å². The molecule has 0 unspecified atom stereocenters. The summed E-state index contributed by atoms with van der Waals surface area (Å²) >= 11 is 0. The summed E-state index contributed by atoms with van der Waals surface area (Å²) in [5.41, 5.74) is 7.80. The largest absolute Gasteiger partial charge is 0.382 e. The van der Waals surface area contributed by atoms with Gasteiger partial charge in [0, 0.05) is 5.39 Å². The number of unbranched alkanes of at least 4 members (excludes halogenated alkanes) is 1. The Kier molecular flexibility index (Phi) is 7.85. The van der Waals surface area contributed by atoms with Crippen molar-refractivity contribution in [2.75, 3.05) is 5.73 Å². The number of rotatable bonds is 1. The number of aromatic amines is 1. The van der Waals surface area contributed by atoms with E-state index in [4.69, 9.17) is 5.73 Å². The summed E-state index contributed by atoms with van der Waals surface area (Å²) in [6, 6.07) is 5.97. The summed E-state index contributed by atoms with van der Waals surface area (Å²) in [6.45, 7) is 10.4. The molecule has 3 N–H and O–H groups in total. The number of nitrogen functional groups attached to an aromatic ring is 1. The highest BCUT2D eigenvalue weighted by Gasteiger charge is 2.02. The number of hydrogen-bond donors (Lipinski definition) is 2. The fourth-order valence-corrected chi connectivity index (χ4v) is 1.28. The molecule has 0 saturated carbocycles. The van der Waals surface area contributed by atoms with Gasteiger partial charge in [-0.25, -0.2) is 0 Å². The first-order valence-corrected chi connectivity index (χ1v) is 6.39. The molecule has 1 heterocycles. The SMILES string of the molecule is CC.CCCC.Cc1cccc2[nH]nc(N)c12. The van der Waals surface area contributed by atoms with Crippen LogP contribution in [-0.2, 0) is 0 Å². The average Bonchev–Trinajstić information content (AvgIpc) is 2.75. The molecule has 0 fully saturated rings. The highest BCUT2D eigenvalue weighted by molar-refractivity contribution is 5.91. The molecule has 1 aromatic carbocycles. The van der Waals surface area contributed by atoms with Crippen molar-refractivity contribution in [2.45, 2.75) is 47.5 Å². The van der Waals surface area contributed by atoms with Crippen LogP contribution in [0.4, 0.5) is 5.82 Å². The predicted molar refractivity (Wildman–Crippen MR) is 77.2 cm³/mol. The molecule has 1 aromatic heterocycles. The first-order valence-electron chi connectivity index (χ1n) is 6.39. The number of nitrogens with two attached hydrogens (primary N) is 1. The number of aromatic nitrogens is 2. The van der Waals surface area contributed by atoms with Crippen LogP contribution in [0.15, 0.2) is 18.2 Å². The van der Waals surface area contributed by atoms with Gasteiger partial charge in [-0.2, -0.15) is 5.10 Å². The highest BCUT2D eigenvalue weighted by atomic mass is 15.1. The van der Waals surface area contributed by atoms with Gasteiger partial charge < -0.3 is 5.73 Å². The van der Waals surface area contributed by atoms with Crippen LogP contribution >= 0.6 is 0 Å². The minimum absolute atomic E-state index is 0.582. The van der Waals surface area contributed by atoms with E-state index in [0.29, 0.717) is 5.82 Å². The Hall–Kier alpha value is -1.51. The van der Waals surface area contributed by atoms with Crippen LogP contribution in [-0.4, -0.2) is 10.2 Å². The van der Waals surface area contributed by atoms with Gasteiger partial charge in [0.25, 0.3) is 0 Å². The zero-order valence-corrected chi connectivity index (χ0v) is 11.7. The maximum atomic E-state index is 5.63. The van der Waals surface area contributed by atoms with Gasteiger partial charge in [0.05, 0.1) is 5.52 Å². The fourth-order valence-electron chi connectivity index (χ4n) is 1.28. The molecular formula is C14H25N3. The van der Waals surface area contributed by atoms with Crippen molar-refractivity contribution >= 4 is 16.7 Å². The molecule has 96 valence electrons. The molecule has 0 atom stereocenters. The topological polar surface area (TPSA) is 54.7 Å². The Labute approximate surface area is 104 Å².